The molecule has 7 heteroatoms. The van der Waals surface area contributed by atoms with Gasteiger partial charge in [0.15, 0.2) is 6.29 Å². The first-order valence-electron chi connectivity index (χ1n) is 7.32. The summed E-state index contributed by atoms with van der Waals surface area (Å²) in [7, 11) is 0. The van der Waals surface area contributed by atoms with E-state index in [1.165, 1.54) is 11.3 Å². The molecule has 0 atom stereocenters. The summed E-state index contributed by atoms with van der Waals surface area (Å²) in [6.07, 6.45) is 1.52. The van der Waals surface area contributed by atoms with E-state index in [1.807, 2.05) is 12.1 Å². The number of rotatable bonds is 6. The minimum atomic E-state index is -0.444. The average molecular weight is 341 g/mol. The molecule has 3 rings (SSSR count). The highest BCUT2D eigenvalue weighted by Gasteiger charge is 2.06. The summed E-state index contributed by atoms with van der Waals surface area (Å²) in [6, 6.07) is 12.2. The van der Waals surface area contributed by atoms with Crippen LogP contribution in [0.15, 0.2) is 47.3 Å². The fourth-order valence-electron chi connectivity index (χ4n) is 2.24. The first kappa shape index (κ1) is 15.9. The number of phenols is 1. The normalized spacial score (nSPS) is 10.5. The number of carbonyl (C=O) groups is 1. The number of nitrogens with zero attached hydrogens (tertiary/aromatic N) is 1. The molecular weight excluding hydrogens is 326 g/mol. The van der Waals surface area contributed by atoms with E-state index in [4.69, 9.17) is 0 Å². The van der Waals surface area contributed by atoms with Gasteiger partial charge in [-0.3, -0.25) is 4.79 Å². The van der Waals surface area contributed by atoms with Crippen molar-refractivity contribution in [2.45, 2.75) is 6.42 Å². The van der Waals surface area contributed by atoms with E-state index in [-0.39, 0.29) is 5.75 Å². The lowest BCUT2D eigenvalue weighted by atomic mass is 10.1. The van der Waals surface area contributed by atoms with Crippen LogP contribution in [0.2, 0.25) is 0 Å². The average Bonchev–Trinajstić information content (AvgIpc) is 3.05. The molecule has 0 radical (unpaired) electrons. The molecule has 122 valence electrons. The highest BCUT2D eigenvalue weighted by atomic mass is 32.1. The molecule has 0 saturated carbocycles. The van der Waals surface area contributed by atoms with Crippen LogP contribution in [0.5, 0.6) is 5.75 Å². The molecule has 2 heterocycles. The molecule has 0 saturated heterocycles. The number of phenolic OH excluding ortho intramolecular Hbond substituents is 1. The molecule has 0 aliphatic carbocycles. The van der Waals surface area contributed by atoms with Gasteiger partial charge >= 0.3 is 5.69 Å². The lowest BCUT2D eigenvalue weighted by molar-refractivity contribution is 0.112. The van der Waals surface area contributed by atoms with E-state index >= 15 is 0 Å². The number of aromatic amines is 1. The Kier molecular flexibility index (Phi) is 4.72. The summed E-state index contributed by atoms with van der Waals surface area (Å²) in [5, 5.41) is 12.4. The van der Waals surface area contributed by atoms with Gasteiger partial charge in [-0.15, -0.1) is 11.3 Å². The van der Waals surface area contributed by atoms with Gasteiger partial charge in [-0.2, -0.15) is 4.98 Å². The quantitative estimate of drug-likeness (QED) is 0.599. The molecule has 0 bridgehead atoms. The Morgan fingerprint density at radius 1 is 1.21 bits per heavy atom. The molecule has 3 N–H and O–H groups in total. The summed E-state index contributed by atoms with van der Waals surface area (Å²) >= 11 is 1.31. The summed E-state index contributed by atoms with van der Waals surface area (Å²) in [4.78, 5) is 30.5. The fraction of sp³-hybridized carbons (Fsp3) is 0.118. The number of aldehydes is 1. The van der Waals surface area contributed by atoms with Crippen molar-refractivity contribution in [2.75, 3.05) is 11.9 Å². The lowest BCUT2D eigenvalue weighted by Gasteiger charge is -2.07. The van der Waals surface area contributed by atoms with E-state index in [2.05, 4.69) is 15.3 Å². The smallest absolute Gasteiger partial charge is 0.347 e. The van der Waals surface area contributed by atoms with Crippen LogP contribution >= 0.6 is 11.3 Å². The zero-order chi connectivity index (χ0) is 16.9. The maximum atomic E-state index is 11.7. The molecule has 24 heavy (non-hydrogen) atoms. The Balaban J connectivity index is 1.70. The molecule has 0 amide bonds. The van der Waals surface area contributed by atoms with Crippen LogP contribution < -0.4 is 11.0 Å². The van der Waals surface area contributed by atoms with Gasteiger partial charge in [0.25, 0.3) is 0 Å². The highest BCUT2D eigenvalue weighted by molar-refractivity contribution is 7.17. The molecule has 0 aliphatic rings. The van der Waals surface area contributed by atoms with Crippen molar-refractivity contribution in [1.82, 2.24) is 9.97 Å². The van der Waals surface area contributed by atoms with Crippen LogP contribution in [0, 0.1) is 0 Å². The first-order valence-corrected chi connectivity index (χ1v) is 8.14. The number of nitrogens with one attached hydrogen (secondary N) is 2. The van der Waals surface area contributed by atoms with E-state index in [1.54, 1.807) is 30.3 Å². The second-order valence-electron chi connectivity index (χ2n) is 5.15. The molecule has 3 aromatic rings. The SMILES string of the molecule is O=Cc1ccc(-c2cc(NCCc3ccc(O)cc3)nc(=O)[nH]2)s1. The maximum Gasteiger partial charge on any atom is 0.347 e. The molecule has 6 nitrogen and oxygen atoms in total. The third-order valence-electron chi connectivity index (χ3n) is 3.41. The third-order valence-corrected chi connectivity index (χ3v) is 4.45. The Morgan fingerprint density at radius 2 is 2.00 bits per heavy atom. The van der Waals surface area contributed by atoms with E-state index in [0.29, 0.717) is 22.9 Å². The Hall–Kier alpha value is -2.93. The topological polar surface area (TPSA) is 95.1 Å². The molecular formula is C17H15N3O3S. The van der Waals surface area contributed by atoms with Crippen LogP contribution in [0.1, 0.15) is 15.2 Å². The zero-order valence-corrected chi connectivity index (χ0v) is 13.5. The van der Waals surface area contributed by atoms with Crippen molar-refractivity contribution in [3.8, 4) is 16.3 Å². The molecule has 2 aromatic heterocycles. The number of carbonyl (C=O) groups excluding carboxylic acids is 1. The number of aromatic hydroxyl groups is 1. The second kappa shape index (κ2) is 7.10. The second-order valence-corrected chi connectivity index (χ2v) is 6.26. The first-order chi connectivity index (χ1) is 11.6. The maximum absolute atomic E-state index is 11.7. The number of aromatic nitrogens is 2. The van der Waals surface area contributed by atoms with Gasteiger partial charge in [-0.05, 0) is 36.2 Å². The van der Waals surface area contributed by atoms with Crippen molar-refractivity contribution in [2.24, 2.45) is 0 Å². The number of hydrogen-bond acceptors (Lipinski definition) is 6. The number of benzene rings is 1. The standard InChI is InChI=1S/C17H15N3O3S/c21-10-13-5-6-15(24-13)14-9-16(20-17(23)19-14)18-8-7-11-1-3-12(22)4-2-11/h1-6,9-10,22H,7-8H2,(H2,18,19,20,23). The minimum absolute atomic E-state index is 0.234. The van der Waals surface area contributed by atoms with Crippen LogP contribution in [-0.4, -0.2) is 27.9 Å². The zero-order valence-electron chi connectivity index (χ0n) is 12.7. The molecule has 0 unspecified atom stereocenters. The number of hydrogen-bond donors (Lipinski definition) is 3. The predicted molar refractivity (Wildman–Crippen MR) is 93.9 cm³/mol. The third kappa shape index (κ3) is 3.88. The van der Waals surface area contributed by atoms with Gasteiger partial charge in [0, 0.05) is 12.6 Å². The van der Waals surface area contributed by atoms with Crippen molar-refractivity contribution >= 4 is 23.4 Å². The molecule has 0 aliphatic heterocycles. The molecule has 1 aromatic carbocycles. The summed E-state index contributed by atoms with van der Waals surface area (Å²) in [5.74, 6) is 0.715. The largest absolute Gasteiger partial charge is 0.508 e. The number of H-pyrrole nitrogens is 1. The predicted octanol–water partition coefficient (Wildman–Crippen LogP) is 2.67. The van der Waals surface area contributed by atoms with Crippen molar-refractivity contribution < 1.29 is 9.90 Å². The van der Waals surface area contributed by atoms with Crippen LogP contribution in [0.4, 0.5) is 5.82 Å². The number of thiophene rings is 1. The van der Waals surface area contributed by atoms with Crippen LogP contribution in [-0.2, 0) is 6.42 Å². The van der Waals surface area contributed by atoms with E-state index < -0.39 is 5.69 Å². The van der Waals surface area contributed by atoms with Crippen molar-refractivity contribution in [3.63, 3.8) is 0 Å². The van der Waals surface area contributed by atoms with Gasteiger partial charge in [0.1, 0.15) is 11.6 Å². The minimum Gasteiger partial charge on any atom is -0.508 e. The van der Waals surface area contributed by atoms with Gasteiger partial charge in [-0.25, -0.2) is 4.79 Å². The van der Waals surface area contributed by atoms with Crippen molar-refractivity contribution in [1.29, 1.82) is 0 Å². The summed E-state index contributed by atoms with van der Waals surface area (Å²) in [5.41, 5.74) is 1.25. The molecule has 0 spiro atoms. The van der Waals surface area contributed by atoms with Crippen LogP contribution in [0.25, 0.3) is 10.6 Å². The van der Waals surface area contributed by atoms with E-state index in [9.17, 15) is 14.7 Å². The van der Waals surface area contributed by atoms with Crippen LogP contribution in [0.3, 0.4) is 0 Å². The number of anilines is 1. The summed E-state index contributed by atoms with van der Waals surface area (Å²) in [6.45, 7) is 0.602. The van der Waals surface area contributed by atoms with E-state index in [0.717, 1.165) is 23.1 Å². The van der Waals surface area contributed by atoms with Gasteiger partial charge in [-0.1, -0.05) is 12.1 Å². The summed E-state index contributed by atoms with van der Waals surface area (Å²) < 4.78 is 0. The fourth-order valence-corrected chi connectivity index (χ4v) is 3.03. The van der Waals surface area contributed by atoms with Gasteiger partial charge in [0.2, 0.25) is 0 Å². The molecule has 0 fully saturated rings. The van der Waals surface area contributed by atoms with Gasteiger partial charge < -0.3 is 15.4 Å². The highest BCUT2D eigenvalue weighted by Crippen LogP contribution is 2.25. The van der Waals surface area contributed by atoms with Gasteiger partial charge in [0.05, 0.1) is 15.4 Å². The lowest BCUT2D eigenvalue weighted by Crippen LogP contribution is -2.15. The monoisotopic (exact) mass is 341 g/mol. The Morgan fingerprint density at radius 3 is 2.71 bits per heavy atom. The Bertz CT molecular complexity index is 900. The Labute approximate surface area is 141 Å². The van der Waals surface area contributed by atoms with Crippen molar-refractivity contribution in [3.05, 3.63) is 63.4 Å².